The summed E-state index contributed by atoms with van der Waals surface area (Å²) >= 11 is 3.69. The molecular formula is C14H24BrN3. The fraction of sp³-hybridized carbons (Fsp3) is 0.786. The van der Waals surface area contributed by atoms with Crippen LogP contribution >= 0.6 is 15.9 Å². The number of rotatable bonds is 3. The molecule has 1 aliphatic heterocycles. The molecule has 0 saturated carbocycles. The smallest absolute Gasteiger partial charge is 0.0739 e. The van der Waals surface area contributed by atoms with Gasteiger partial charge in [-0.15, -0.1) is 0 Å². The zero-order chi connectivity index (χ0) is 13.0. The highest BCUT2D eigenvalue weighted by Crippen LogP contribution is 2.23. The van der Waals surface area contributed by atoms with Crippen molar-refractivity contribution in [2.75, 3.05) is 13.1 Å². The van der Waals surface area contributed by atoms with Crippen LogP contribution in [-0.2, 0) is 13.1 Å². The lowest BCUT2D eigenvalue weighted by Crippen LogP contribution is -2.28. The molecule has 2 rings (SSSR count). The van der Waals surface area contributed by atoms with Crippen LogP contribution in [-0.4, -0.2) is 27.8 Å². The summed E-state index contributed by atoms with van der Waals surface area (Å²) in [6, 6.07) is 0. The molecule has 1 aromatic rings. The first-order chi connectivity index (χ1) is 8.72. The summed E-state index contributed by atoms with van der Waals surface area (Å²) < 4.78 is 3.34. The molecule has 1 aliphatic rings. The maximum absolute atomic E-state index is 4.58. The molecule has 0 aromatic carbocycles. The van der Waals surface area contributed by atoms with E-state index in [2.05, 4.69) is 44.5 Å². The van der Waals surface area contributed by atoms with Gasteiger partial charge in [-0.3, -0.25) is 9.58 Å². The van der Waals surface area contributed by atoms with Crippen molar-refractivity contribution in [2.45, 2.75) is 59.0 Å². The zero-order valence-corrected chi connectivity index (χ0v) is 13.2. The van der Waals surface area contributed by atoms with Gasteiger partial charge in [0.1, 0.15) is 0 Å². The molecular weight excluding hydrogens is 290 g/mol. The molecule has 0 amide bonds. The van der Waals surface area contributed by atoms with Crippen LogP contribution in [0.3, 0.4) is 0 Å². The van der Waals surface area contributed by atoms with Gasteiger partial charge < -0.3 is 0 Å². The van der Waals surface area contributed by atoms with Gasteiger partial charge in [-0.1, -0.05) is 19.3 Å². The standard InChI is InChI=1S/C14H24BrN3/c1-3-18-13(14(15)12(2)16-18)11-17-9-7-5-4-6-8-10-17/h3-11H2,1-2H3. The number of hydrogen-bond donors (Lipinski definition) is 0. The molecule has 0 atom stereocenters. The van der Waals surface area contributed by atoms with Gasteiger partial charge in [0, 0.05) is 13.1 Å². The minimum absolute atomic E-state index is 0.954. The molecule has 0 N–H and O–H groups in total. The molecule has 1 saturated heterocycles. The highest BCUT2D eigenvalue weighted by Gasteiger charge is 2.16. The van der Waals surface area contributed by atoms with Gasteiger partial charge in [-0.25, -0.2) is 0 Å². The van der Waals surface area contributed by atoms with E-state index in [1.165, 1.54) is 55.4 Å². The Hall–Kier alpha value is -0.350. The van der Waals surface area contributed by atoms with Crippen molar-refractivity contribution in [3.63, 3.8) is 0 Å². The van der Waals surface area contributed by atoms with Crippen molar-refractivity contribution in [1.29, 1.82) is 0 Å². The van der Waals surface area contributed by atoms with Crippen molar-refractivity contribution in [3.05, 3.63) is 15.9 Å². The number of halogens is 1. The van der Waals surface area contributed by atoms with E-state index in [1.807, 2.05) is 0 Å². The van der Waals surface area contributed by atoms with Crippen LogP contribution < -0.4 is 0 Å². The first-order valence-electron chi connectivity index (χ1n) is 7.16. The Morgan fingerprint density at radius 3 is 2.33 bits per heavy atom. The minimum Gasteiger partial charge on any atom is -0.297 e. The lowest BCUT2D eigenvalue weighted by atomic mass is 10.1. The molecule has 18 heavy (non-hydrogen) atoms. The lowest BCUT2D eigenvalue weighted by molar-refractivity contribution is 0.233. The normalized spacial score (nSPS) is 18.6. The molecule has 0 aliphatic carbocycles. The average molecular weight is 314 g/mol. The van der Waals surface area contributed by atoms with Gasteiger partial charge in [-0.05, 0) is 55.7 Å². The molecule has 1 aromatic heterocycles. The Balaban J connectivity index is 2.06. The Morgan fingerprint density at radius 2 is 1.72 bits per heavy atom. The zero-order valence-electron chi connectivity index (χ0n) is 11.6. The van der Waals surface area contributed by atoms with E-state index in [4.69, 9.17) is 0 Å². The van der Waals surface area contributed by atoms with Gasteiger partial charge in [-0.2, -0.15) is 5.10 Å². The molecule has 2 heterocycles. The average Bonchev–Trinajstić information content (AvgIpc) is 2.59. The summed E-state index contributed by atoms with van der Waals surface area (Å²) in [4.78, 5) is 2.59. The molecule has 0 unspecified atom stereocenters. The van der Waals surface area contributed by atoms with Crippen molar-refractivity contribution in [2.24, 2.45) is 0 Å². The number of aromatic nitrogens is 2. The monoisotopic (exact) mass is 313 g/mol. The van der Waals surface area contributed by atoms with E-state index in [0.717, 1.165) is 18.8 Å². The summed E-state index contributed by atoms with van der Waals surface area (Å²) in [5.74, 6) is 0. The maximum Gasteiger partial charge on any atom is 0.0739 e. The Kier molecular flexibility index (Phi) is 5.25. The van der Waals surface area contributed by atoms with Crippen LogP contribution in [0.25, 0.3) is 0 Å². The Morgan fingerprint density at radius 1 is 1.11 bits per heavy atom. The van der Waals surface area contributed by atoms with Crippen molar-refractivity contribution < 1.29 is 0 Å². The summed E-state index contributed by atoms with van der Waals surface area (Å²) in [5.41, 5.74) is 2.45. The van der Waals surface area contributed by atoms with Crippen LogP contribution in [0.15, 0.2) is 4.47 Å². The van der Waals surface area contributed by atoms with Gasteiger partial charge in [0.05, 0.1) is 15.9 Å². The molecule has 102 valence electrons. The fourth-order valence-corrected chi connectivity index (χ4v) is 3.11. The third kappa shape index (κ3) is 3.35. The van der Waals surface area contributed by atoms with E-state index < -0.39 is 0 Å². The molecule has 4 heteroatoms. The van der Waals surface area contributed by atoms with Gasteiger partial charge in [0.25, 0.3) is 0 Å². The highest BCUT2D eigenvalue weighted by atomic mass is 79.9. The summed E-state index contributed by atoms with van der Waals surface area (Å²) in [6.45, 7) is 8.70. The van der Waals surface area contributed by atoms with Crippen LogP contribution in [0.5, 0.6) is 0 Å². The second-order valence-electron chi connectivity index (χ2n) is 5.21. The summed E-state index contributed by atoms with van der Waals surface area (Å²) in [5, 5.41) is 4.58. The van der Waals surface area contributed by atoms with Crippen molar-refractivity contribution in [1.82, 2.24) is 14.7 Å². The number of nitrogens with zero attached hydrogens (tertiary/aromatic N) is 3. The topological polar surface area (TPSA) is 21.1 Å². The number of likely N-dealkylation sites (tertiary alicyclic amines) is 1. The largest absolute Gasteiger partial charge is 0.297 e. The van der Waals surface area contributed by atoms with E-state index in [-0.39, 0.29) is 0 Å². The van der Waals surface area contributed by atoms with Crippen molar-refractivity contribution >= 4 is 15.9 Å². The fourth-order valence-electron chi connectivity index (χ4n) is 2.70. The third-order valence-electron chi connectivity index (χ3n) is 3.77. The van der Waals surface area contributed by atoms with Crippen LogP contribution in [0.4, 0.5) is 0 Å². The first kappa shape index (κ1) is 14.1. The predicted octanol–water partition coefficient (Wildman–Crippen LogP) is 3.74. The second kappa shape index (κ2) is 6.71. The summed E-state index contributed by atoms with van der Waals surface area (Å²) in [6.07, 6.45) is 6.89. The Labute approximate surface area is 119 Å². The number of aryl methyl sites for hydroxylation is 2. The van der Waals surface area contributed by atoms with E-state index >= 15 is 0 Å². The van der Waals surface area contributed by atoms with Gasteiger partial charge in [0.2, 0.25) is 0 Å². The van der Waals surface area contributed by atoms with Gasteiger partial charge in [0.15, 0.2) is 0 Å². The minimum atomic E-state index is 0.954. The highest BCUT2D eigenvalue weighted by molar-refractivity contribution is 9.10. The lowest BCUT2D eigenvalue weighted by Gasteiger charge is -2.24. The third-order valence-corrected chi connectivity index (χ3v) is 4.81. The van der Waals surface area contributed by atoms with Crippen LogP contribution in [0, 0.1) is 6.92 Å². The molecule has 1 fully saturated rings. The van der Waals surface area contributed by atoms with Crippen LogP contribution in [0.1, 0.15) is 50.4 Å². The van der Waals surface area contributed by atoms with E-state index in [1.54, 1.807) is 0 Å². The SMILES string of the molecule is CCn1nc(C)c(Br)c1CN1CCCCCCC1. The second-order valence-corrected chi connectivity index (χ2v) is 6.00. The molecule has 0 radical (unpaired) electrons. The maximum atomic E-state index is 4.58. The van der Waals surface area contributed by atoms with E-state index in [0.29, 0.717) is 0 Å². The molecule has 3 nitrogen and oxygen atoms in total. The quantitative estimate of drug-likeness (QED) is 0.847. The Bertz CT molecular complexity index is 379. The number of hydrogen-bond acceptors (Lipinski definition) is 2. The first-order valence-corrected chi connectivity index (χ1v) is 7.95. The van der Waals surface area contributed by atoms with Crippen molar-refractivity contribution in [3.8, 4) is 0 Å². The summed E-state index contributed by atoms with van der Waals surface area (Å²) in [7, 11) is 0. The van der Waals surface area contributed by atoms with Gasteiger partial charge >= 0.3 is 0 Å². The van der Waals surface area contributed by atoms with E-state index in [9.17, 15) is 0 Å². The molecule has 0 spiro atoms. The predicted molar refractivity (Wildman–Crippen MR) is 78.7 cm³/mol. The van der Waals surface area contributed by atoms with Crippen LogP contribution in [0.2, 0.25) is 0 Å². The molecule has 0 bridgehead atoms.